The van der Waals surface area contributed by atoms with E-state index in [0.717, 1.165) is 5.56 Å². The van der Waals surface area contributed by atoms with Crippen LogP contribution in [0.3, 0.4) is 0 Å². The van der Waals surface area contributed by atoms with Crippen molar-refractivity contribution >= 4 is 17.5 Å². The number of benzene rings is 3. The molecule has 2 amide bonds. The van der Waals surface area contributed by atoms with Gasteiger partial charge in [-0.2, -0.15) is 0 Å². The lowest BCUT2D eigenvalue weighted by Crippen LogP contribution is -2.42. The van der Waals surface area contributed by atoms with Crippen LogP contribution in [0.25, 0.3) is 0 Å². The molecule has 0 bridgehead atoms. The second kappa shape index (κ2) is 10.1. The van der Waals surface area contributed by atoms with E-state index in [9.17, 15) is 9.59 Å². The van der Waals surface area contributed by atoms with Crippen LogP contribution in [0.2, 0.25) is 0 Å². The molecule has 1 atom stereocenters. The molecule has 0 heterocycles. The normalized spacial score (nSPS) is 11.4. The Morgan fingerprint density at radius 2 is 1.53 bits per heavy atom. The minimum atomic E-state index is -0.803. The molecule has 3 aromatic rings. The highest BCUT2D eigenvalue weighted by atomic mass is 16.5. The Labute approximate surface area is 176 Å². The third-order valence-electron chi connectivity index (χ3n) is 4.57. The fourth-order valence-electron chi connectivity index (χ4n) is 3.00. The summed E-state index contributed by atoms with van der Waals surface area (Å²) in [5.41, 5.74) is 7.99. The minimum absolute atomic E-state index is 0.203. The monoisotopic (exact) mass is 403 g/mol. The third kappa shape index (κ3) is 5.85. The van der Waals surface area contributed by atoms with Crippen molar-refractivity contribution in [2.45, 2.75) is 12.6 Å². The molecule has 3 rings (SSSR count). The molecule has 3 aromatic carbocycles. The second-order valence-corrected chi connectivity index (χ2v) is 6.95. The van der Waals surface area contributed by atoms with E-state index in [1.807, 2.05) is 60.7 Å². The van der Waals surface area contributed by atoms with Gasteiger partial charge in [-0.15, -0.1) is 0 Å². The van der Waals surface area contributed by atoms with Gasteiger partial charge in [0.25, 0.3) is 5.91 Å². The van der Waals surface area contributed by atoms with E-state index in [4.69, 9.17) is 10.5 Å². The van der Waals surface area contributed by atoms with Crippen LogP contribution in [0, 0.1) is 0 Å². The number of carbonyl (C=O) groups excluding carboxylic acids is 2. The first-order valence-corrected chi connectivity index (χ1v) is 9.64. The predicted octanol–water partition coefficient (Wildman–Crippen LogP) is 3.16. The highest BCUT2D eigenvalue weighted by molar-refractivity contribution is 5.89. The molecule has 0 fully saturated rings. The Morgan fingerprint density at radius 3 is 2.17 bits per heavy atom. The van der Waals surface area contributed by atoms with Gasteiger partial charge in [-0.05, 0) is 35.4 Å². The molecule has 0 saturated carbocycles. The zero-order valence-electron chi connectivity index (χ0n) is 16.8. The first-order valence-electron chi connectivity index (χ1n) is 9.64. The molecule has 6 heteroatoms. The zero-order valence-corrected chi connectivity index (χ0v) is 16.8. The molecule has 0 radical (unpaired) electrons. The fourth-order valence-corrected chi connectivity index (χ4v) is 3.00. The Hall–Kier alpha value is -3.80. The maximum atomic E-state index is 13.2. The number of nitrogens with one attached hydrogen (secondary N) is 1. The quantitative estimate of drug-likeness (QED) is 0.566. The number of anilines is 1. The third-order valence-corrected chi connectivity index (χ3v) is 4.57. The summed E-state index contributed by atoms with van der Waals surface area (Å²) in [5.74, 6) is -0.0591. The van der Waals surface area contributed by atoms with Crippen LogP contribution in [0.5, 0.6) is 5.75 Å². The van der Waals surface area contributed by atoms with Crippen LogP contribution in [0.15, 0.2) is 84.9 Å². The van der Waals surface area contributed by atoms with Crippen molar-refractivity contribution in [3.05, 3.63) is 96.1 Å². The van der Waals surface area contributed by atoms with Gasteiger partial charge in [0.15, 0.2) is 6.61 Å². The predicted molar refractivity (Wildman–Crippen MR) is 117 cm³/mol. The molecule has 0 spiro atoms. The Morgan fingerprint density at radius 1 is 0.933 bits per heavy atom. The summed E-state index contributed by atoms with van der Waals surface area (Å²) in [6.45, 7) is 0.240. The Balaban J connectivity index is 1.68. The van der Waals surface area contributed by atoms with E-state index in [1.54, 1.807) is 36.2 Å². The molecule has 0 aromatic heterocycles. The summed E-state index contributed by atoms with van der Waals surface area (Å²) in [6.07, 6.45) is 0. The topological polar surface area (TPSA) is 84.7 Å². The van der Waals surface area contributed by atoms with Gasteiger partial charge in [-0.3, -0.25) is 9.59 Å². The number of likely N-dealkylation sites (N-methyl/N-ethyl adjacent to an activating group) is 1. The first-order chi connectivity index (χ1) is 14.5. The zero-order chi connectivity index (χ0) is 21.3. The molecule has 0 aliphatic heterocycles. The van der Waals surface area contributed by atoms with Crippen molar-refractivity contribution in [3.63, 3.8) is 0 Å². The number of hydrogen-bond donors (Lipinski definition) is 2. The molecule has 30 heavy (non-hydrogen) atoms. The molecular weight excluding hydrogens is 378 g/mol. The van der Waals surface area contributed by atoms with Crippen molar-refractivity contribution in [3.8, 4) is 5.75 Å². The Bertz CT molecular complexity index is 960. The van der Waals surface area contributed by atoms with Crippen molar-refractivity contribution < 1.29 is 14.3 Å². The SMILES string of the molecule is CN(Cc1ccccc1)C(=O)C(NC(=O)COc1ccc(N)cc1)c1ccccc1. The summed E-state index contributed by atoms with van der Waals surface area (Å²) in [4.78, 5) is 27.3. The van der Waals surface area contributed by atoms with Gasteiger partial charge in [0.1, 0.15) is 11.8 Å². The van der Waals surface area contributed by atoms with Gasteiger partial charge in [0, 0.05) is 19.3 Å². The van der Waals surface area contributed by atoms with Crippen LogP contribution >= 0.6 is 0 Å². The second-order valence-electron chi connectivity index (χ2n) is 6.95. The number of carbonyl (C=O) groups is 2. The van der Waals surface area contributed by atoms with Crippen LogP contribution < -0.4 is 15.8 Å². The lowest BCUT2D eigenvalue weighted by atomic mass is 10.1. The smallest absolute Gasteiger partial charge is 0.258 e. The Kier molecular flexibility index (Phi) is 7.05. The van der Waals surface area contributed by atoms with Gasteiger partial charge < -0.3 is 20.7 Å². The summed E-state index contributed by atoms with van der Waals surface area (Å²) < 4.78 is 5.50. The molecular formula is C24H25N3O3. The average Bonchev–Trinajstić information content (AvgIpc) is 2.78. The number of ether oxygens (including phenoxy) is 1. The van der Waals surface area contributed by atoms with Crippen molar-refractivity contribution in [1.29, 1.82) is 0 Å². The first kappa shape index (κ1) is 20.9. The molecule has 3 N–H and O–H groups in total. The van der Waals surface area contributed by atoms with Crippen LogP contribution in [0.4, 0.5) is 5.69 Å². The number of nitrogens with two attached hydrogens (primary N) is 1. The lowest BCUT2D eigenvalue weighted by molar-refractivity contribution is -0.136. The number of hydrogen-bond acceptors (Lipinski definition) is 4. The maximum absolute atomic E-state index is 13.2. The molecule has 154 valence electrons. The average molecular weight is 403 g/mol. The number of rotatable bonds is 8. The van der Waals surface area contributed by atoms with Gasteiger partial charge in [0.2, 0.25) is 5.91 Å². The number of nitrogens with zero attached hydrogens (tertiary/aromatic N) is 1. The number of amides is 2. The van der Waals surface area contributed by atoms with Crippen LogP contribution in [-0.4, -0.2) is 30.4 Å². The van der Waals surface area contributed by atoms with E-state index in [1.165, 1.54) is 0 Å². The standard InChI is InChI=1S/C24H25N3O3/c1-27(16-18-8-4-2-5-9-18)24(29)23(19-10-6-3-7-11-19)26-22(28)17-30-21-14-12-20(25)13-15-21/h2-15,23H,16-17,25H2,1H3,(H,26,28). The van der Waals surface area contributed by atoms with Crippen LogP contribution in [-0.2, 0) is 16.1 Å². The summed E-state index contributed by atoms with van der Waals surface area (Å²) in [6, 6.07) is 24.9. The fraction of sp³-hybridized carbons (Fsp3) is 0.167. The van der Waals surface area contributed by atoms with Crippen LogP contribution in [0.1, 0.15) is 17.2 Å². The highest BCUT2D eigenvalue weighted by Gasteiger charge is 2.26. The lowest BCUT2D eigenvalue weighted by Gasteiger charge is -2.25. The molecule has 0 saturated heterocycles. The highest BCUT2D eigenvalue weighted by Crippen LogP contribution is 2.17. The summed E-state index contributed by atoms with van der Waals surface area (Å²) in [7, 11) is 1.72. The van der Waals surface area contributed by atoms with E-state index in [0.29, 0.717) is 23.5 Å². The molecule has 0 aliphatic rings. The van der Waals surface area contributed by atoms with E-state index >= 15 is 0 Å². The van der Waals surface area contributed by atoms with Gasteiger partial charge in [-0.25, -0.2) is 0 Å². The maximum Gasteiger partial charge on any atom is 0.258 e. The summed E-state index contributed by atoms with van der Waals surface area (Å²) in [5, 5.41) is 2.80. The van der Waals surface area contributed by atoms with E-state index in [2.05, 4.69) is 5.32 Å². The van der Waals surface area contributed by atoms with Crippen molar-refractivity contribution in [2.75, 3.05) is 19.4 Å². The largest absolute Gasteiger partial charge is 0.484 e. The molecule has 0 aliphatic carbocycles. The van der Waals surface area contributed by atoms with E-state index in [-0.39, 0.29) is 18.4 Å². The molecule has 1 unspecified atom stereocenters. The minimum Gasteiger partial charge on any atom is -0.484 e. The summed E-state index contributed by atoms with van der Waals surface area (Å²) >= 11 is 0. The van der Waals surface area contributed by atoms with Gasteiger partial charge >= 0.3 is 0 Å². The van der Waals surface area contributed by atoms with E-state index < -0.39 is 6.04 Å². The number of nitrogen functional groups attached to an aromatic ring is 1. The van der Waals surface area contributed by atoms with Crippen molar-refractivity contribution in [2.24, 2.45) is 0 Å². The molecule has 6 nitrogen and oxygen atoms in total. The van der Waals surface area contributed by atoms with Gasteiger partial charge in [0.05, 0.1) is 0 Å². The van der Waals surface area contributed by atoms with Crippen molar-refractivity contribution in [1.82, 2.24) is 10.2 Å². The van der Waals surface area contributed by atoms with Gasteiger partial charge in [-0.1, -0.05) is 60.7 Å².